The average Bonchev–Trinajstić information content (AvgIpc) is 2.99. The van der Waals surface area contributed by atoms with Crippen molar-refractivity contribution < 1.29 is 9.90 Å². The summed E-state index contributed by atoms with van der Waals surface area (Å²) in [6, 6.07) is 11.3. The molecular formula is C18H19N3O2S. The van der Waals surface area contributed by atoms with Crippen LogP contribution in [0.2, 0.25) is 0 Å². The Kier molecular flexibility index (Phi) is 4.76. The number of hydrogen-bond acceptors (Lipinski definition) is 5. The third kappa shape index (κ3) is 3.54. The summed E-state index contributed by atoms with van der Waals surface area (Å²) in [5, 5.41) is 13.1. The van der Waals surface area contributed by atoms with E-state index in [1.165, 1.54) is 4.88 Å². The summed E-state index contributed by atoms with van der Waals surface area (Å²) in [5.74, 6) is 0.382. The molecule has 2 heterocycles. The second-order valence-electron chi connectivity index (χ2n) is 5.64. The van der Waals surface area contributed by atoms with Crippen LogP contribution in [0.15, 0.2) is 36.4 Å². The highest BCUT2D eigenvalue weighted by molar-refractivity contribution is 7.18. The number of anilines is 1. The first-order valence-corrected chi connectivity index (χ1v) is 8.71. The molecule has 24 heavy (non-hydrogen) atoms. The van der Waals surface area contributed by atoms with Crippen LogP contribution in [0.1, 0.15) is 30.1 Å². The maximum absolute atomic E-state index is 11.2. The Labute approximate surface area is 144 Å². The van der Waals surface area contributed by atoms with Gasteiger partial charge in [-0.2, -0.15) is 0 Å². The van der Waals surface area contributed by atoms with E-state index in [9.17, 15) is 4.79 Å². The molecule has 0 amide bonds. The van der Waals surface area contributed by atoms with Gasteiger partial charge >= 0.3 is 5.97 Å². The molecule has 0 spiro atoms. The Morgan fingerprint density at radius 3 is 2.71 bits per heavy atom. The first-order chi connectivity index (χ1) is 11.6. The summed E-state index contributed by atoms with van der Waals surface area (Å²) in [7, 11) is 0. The predicted molar refractivity (Wildman–Crippen MR) is 96.8 cm³/mol. The van der Waals surface area contributed by atoms with E-state index in [0.717, 1.165) is 22.2 Å². The fourth-order valence-corrected chi connectivity index (χ4v) is 3.41. The minimum Gasteiger partial charge on any atom is -0.480 e. The third-order valence-electron chi connectivity index (χ3n) is 3.77. The molecule has 0 saturated carbocycles. The topological polar surface area (TPSA) is 75.1 Å². The fourth-order valence-electron chi connectivity index (χ4n) is 2.42. The summed E-state index contributed by atoms with van der Waals surface area (Å²) >= 11 is 1.63. The van der Waals surface area contributed by atoms with Gasteiger partial charge in [0.15, 0.2) is 0 Å². The van der Waals surface area contributed by atoms with Crippen molar-refractivity contribution in [1.82, 2.24) is 9.97 Å². The van der Waals surface area contributed by atoms with Crippen LogP contribution >= 0.6 is 11.3 Å². The van der Waals surface area contributed by atoms with E-state index in [4.69, 9.17) is 5.11 Å². The summed E-state index contributed by atoms with van der Waals surface area (Å²) in [6.45, 7) is 3.70. The zero-order valence-corrected chi connectivity index (χ0v) is 14.4. The van der Waals surface area contributed by atoms with Crippen molar-refractivity contribution in [2.45, 2.75) is 32.7 Å². The number of aromatic nitrogens is 2. The zero-order valence-electron chi connectivity index (χ0n) is 13.6. The van der Waals surface area contributed by atoms with Crippen LogP contribution in [0.5, 0.6) is 0 Å². The van der Waals surface area contributed by atoms with Gasteiger partial charge in [-0.05, 0) is 25.0 Å². The second kappa shape index (κ2) is 6.97. The highest BCUT2D eigenvalue weighted by Gasteiger charge is 2.16. The first-order valence-electron chi connectivity index (χ1n) is 7.89. The van der Waals surface area contributed by atoms with Crippen molar-refractivity contribution in [2.75, 3.05) is 5.32 Å². The van der Waals surface area contributed by atoms with Gasteiger partial charge < -0.3 is 10.4 Å². The van der Waals surface area contributed by atoms with Crippen molar-refractivity contribution in [3.05, 3.63) is 52.7 Å². The minimum absolute atomic E-state index is 0.594. The number of fused-ring (bicyclic) bond motifs is 1. The maximum atomic E-state index is 11.2. The monoisotopic (exact) mass is 341 g/mol. The molecule has 124 valence electrons. The van der Waals surface area contributed by atoms with E-state index in [1.54, 1.807) is 18.3 Å². The second-order valence-corrected chi connectivity index (χ2v) is 6.76. The normalized spacial score (nSPS) is 12.2. The Balaban J connectivity index is 2.02. The SMILES string of the molecule is CCc1cc2c(NC(C)C(=O)O)nc(Cc3ccccc3)nc2s1. The van der Waals surface area contributed by atoms with E-state index in [1.807, 2.05) is 36.4 Å². The van der Waals surface area contributed by atoms with Crippen molar-refractivity contribution in [1.29, 1.82) is 0 Å². The number of thiophene rings is 1. The molecule has 5 nitrogen and oxygen atoms in total. The lowest BCUT2D eigenvalue weighted by Crippen LogP contribution is -2.26. The minimum atomic E-state index is -0.905. The largest absolute Gasteiger partial charge is 0.480 e. The number of hydrogen-bond donors (Lipinski definition) is 2. The molecule has 0 aliphatic rings. The molecular weight excluding hydrogens is 322 g/mol. The molecule has 1 unspecified atom stereocenters. The molecule has 6 heteroatoms. The Morgan fingerprint density at radius 2 is 2.04 bits per heavy atom. The van der Waals surface area contributed by atoms with Crippen molar-refractivity contribution in [3.63, 3.8) is 0 Å². The Morgan fingerprint density at radius 1 is 1.29 bits per heavy atom. The molecule has 0 bridgehead atoms. The Bertz CT molecular complexity index is 861. The Hall–Kier alpha value is -2.47. The highest BCUT2D eigenvalue weighted by atomic mass is 32.1. The highest BCUT2D eigenvalue weighted by Crippen LogP contribution is 2.30. The van der Waals surface area contributed by atoms with Gasteiger partial charge in [-0.15, -0.1) is 11.3 Å². The first kappa shape index (κ1) is 16.4. The van der Waals surface area contributed by atoms with Crippen LogP contribution < -0.4 is 5.32 Å². The van der Waals surface area contributed by atoms with Crippen LogP contribution in [0.3, 0.4) is 0 Å². The quantitative estimate of drug-likeness (QED) is 0.714. The number of rotatable bonds is 6. The number of benzene rings is 1. The molecule has 0 aliphatic carbocycles. The number of carbonyl (C=O) groups is 1. The van der Waals surface area contributed by atoms with Gasteiger partial charge in [0, 0.05) is 11.3 Å². The van der Waals surface area contributed by atoms with E-state index < -0.39 is 12.0 Å². The molecule has 1 aromatic carbocycles. The van der Waals surface area contributed by atoms with Crippen LogP contribution in [-0.2, 0) is 17.6 Å². The molecule has 2 aromatic heterocycles. The summed E-state index contributed by atoms with van der Waals surface area (Å²) in [4.78, 5) is 22.5. The van der Waals surface area contributed by atoms with Gasteiger partial charge in [0.1, 0.15) is 22.5 Å². The summed E-state index contributed by atoms with van der Waals surface area (Å²) in [6.07, 6.45) is 1.54. The van der Waals surface area contributed by atoms with Crippen LogP contribution in [0, 0.1) is 0 Å². The van der Waals surface area contributed by atoms with Gasteiger partial charge in [-0.1, -0.05) is 37.3 Å². The summed E-state index contributed by atoms with van der Waals surface area (Å²) in [5.41, 5.74) is 1.13. The molecule has 0 radical (unpaired) electrons. The average molecular weight is 341 g/mol. The van der Waals surface area contributed by atoms with E-state index >= 15 is 0 Å². The fraction of sp³-hybridized carbons (Fsp3) is 0.278. The molecule has 1 atom stereocenters. The zero-order chi connectivity index (χ0) is 17.1. The lowest BCUT2D eigenvalue weighted by atomic mass is 10.1. The van der Waals surface area contributed by atoms with E-state index in [2.05, 4.69) is 22.2 Å². The molecule has 2 N–H and O–H groups in total. The molecule has 0 saturated heterocycles. The van der Waals surface area contributed by atoms with Gasteiger partial charge in [0.25, 0.3) is 0 Å². The van der Waals surface area contributed by atoms with E-state index in [-0.39, 0.29) is 0 Å². The lowest BCUT2D eigenvalue weighted by molar-refractivity contribution is -0.137. The predicted octanol–water partition coefficient (Wildman–Crippen LogP) is 3.73. The number of nitrogens with one attached hydrogen (secondary N) is 1. The van der Waals surface area contributed by atoms with Crippen LogP contribution in [0.4, 0.5) is 5.82 Å². The standard InChI is InChI=1S/C18H19N3O2S/c1-3-13-10-14-16(19-11(2)18(22)23)20-15(21-17(14)24-13)9-12-7-5-4-6-8-12/h4-8,10-11H,3,9H2,1-2H3,(H,22,23)(H,19,20,21). The lowest BCUT2D eigenvalue weighted by Gasteiger charge is -2.12. The molecule has 0 aliphatic heterocycles. The van der Waals surface area contributed by atoms with Crippen molar-refractivity contribution in [2.24, 2.45) is 0 Å². The van der Waals surface area contributed by atoms with E-state index in [0.29, 0.717) is 18.1 Å². The van der Waals surface area contributed by atoms with Gasteiger partial charge in [-0.3, -0.25) is 4.79 Å². The van der Waals surface area contributed by atoms with Crippen LogP contribution in [-0.4, -0.2) is 27.1 Å². The number of aliphatic carboxylic acids is 1. The molecule has 3 rings (SSSR count). The number of nitrogens with zero attached hydrogens (tertiary/aromatic N) is 2. The number of carboxylic acids is 1. The number of carboxylic acid groups (broad SMARTS) is 1. The van der Waals surface area contributed by atoms with Gasteiger partial charge in [0.2, 0.25) is 0 Å². The number of aryl methyl sites for hydroxylation is 1. The van der Waals surface area contributed by atoms with Gasteiger partial charge in [-0.25, -0.2) is 9.97 Å². The summed E-state index contributed by atoms with van der Waals surface area (Å²) < 4.78 is 0. The van der Waals surface area contributed by atoms with Gasteiger partial charge in [0.05, 0.1) is 5.39 Å². The molecule has 3 aromatic rings. The van der Waals surface area contributed by atoms with Crippen molar-refractivity contribution in [3.8, 4) is 0 Å². The van der Waals surface area contributed by atoms with Crippen LogP contribution in [0.25, 0.3) is 10.2 Å². The molecule has 0 fully saturated rings. The smallest absolute Gasteiger partial charge is 0.325 e. The third-order valence-corrected chi connectivity index (χ3v) is 4.94. The van der Waals surface area contributed by atoms with Crippen molar-refractivity contribution >= 4 is 33.3 Å². The maximum Gasteiger partial charge on any atom is 0.325 e.